The van der Waals surface area contributed by atoms with Crippen molar-refractivity contribution in [2.75, 3.05) is 7.11 Å². The standard InChI is InChI=1S/C9H16O6S.Na/c1-15-8(10)6-2-4-7(5-3-6)9(11)16(12,13)14;/h6-7,9,11H,2-5H2,1H3,(H,12,13,14);. The Morgan fingerprint density at radius 2 is 1.76 bits per heavy atom. The fourth-order valence-electron chi connectivity index (χ4n) is 2.05. The third kappa shape index (κ3) is 4.84. The predicted octanol–water partition coefficient (Wildman–Crippen LogP) is -0.209. The van der Waals surface area contributed by atoms with Crippen LogP contribution in [-0.2, 0) is 19.6 Å². The van der Waals surface area contributed by atoms with Crippen molar-refractivity contribution in [2.45, 2.75) is 31.1 Å². The summed E-state index contributed by atoms with van der Waals surface area (Å²) in [7, 11) is -3.10. The van der Waals surface area contributed by atoms with Crippen molar-refractivity contribution in [1.82, 2.24) is 0 Å². The normalized spacial score (nSPS) is 26.8. The zero-order valence-electron chi connectivity index (χ0n) is 10.00. The van der Waals surface area contributed by atoms with Crippen molar-refractivity contribution in [3.8, 4) is 0 Å². The molecule has 1 fully saturated rings. The molecule has 0 aromatic heterocycles. The fraction of sp³-hybridized carbons (Fsp3) is 0.889. The molecule has 2 N–H and O–H groups in total. The molecule has 0 aromatic rings. The van der Waals surface area contributed by atoms with Gasteiger partial charge in [0, 0.05) is 35.5 Å². The minimum Gasteiger partial charge on any atom is -0.469 e. The number of hydrogen-bond acceptors (Lipinski definition) is 5. The Morgan fingerprint density at radius 3 is 2.12 bits per heavy atom. The van der Waals surface area contributed by atoms with E-state index in [0.717, 1.165) is 0 Å². The summed E-state index contributed by atoms with van der Waals surface area (Å²) in [6.07, 6.45) is 1.73. The minimum atomic E-state index is -4.41. The van der Waals surface area contributed by atoms with Gasteiger partial charge in [-0.1, -0.05) is 0 Å². The third-order valence-corrected chi connectivity index (χ3v) is 4.01. The van der Waals surface area contributed by atoms with Crippen LogP contribution in [0.2, 0.25) is 0 Å². The fourth-order valence-corrected chi connectivity index (χ4v) is 2.81. The van der Waals surface area contributed by atoms with Crippen LogP contribution in [0, 0.1) is 11.8 Å². The quantitative estimate of drug-likeness (QED) is 0.420. The number of rotatable bonds is 3. The second kappa shape index (κ2) is 7.06. The Hall–Kier alpha value is 0.340. The van der Waals surface area contributed by atoms with Crippen molar-refractivity contribution in [2.24, 2.45) is 11.8 Å². The van der Waals surface area contributed by atoms with Crippen molar-refractivity contribution < 1.29 is 27.6 Å². The van der Waals surface area contributed by atoms with Gasteiger partial charge < -0.3 is 9.84 Å². The molecule has 0 spiro atoms. The van der Waals surface area contributed by atoms with Crippen LogP contribution in [0.25, 0.3) is 0 Å². The molecule has 1 atom stereocenters. The summed E-state index contributed by atoms with van der Waals surface area (Å²) in [4.78, 5) is 11.2. The Labute approximate surface area is 123 Å². The number of aliphatic hydroxyl groups is 1. The van der Waals surface area contributed by atoms with E-state index in [4.69, 9.17) is 4.55 Å². The van der Waals surface area contributed by atoms with E-state index in [1.807, 2.05) is 0 Å². The van der Waals surface area contributed by atoms with E-state index in [1.54, 1.807) is 0 Å². The topological polar surface area (TPSA) is 101 Å². The maximum Gasteiger partial charge on any atom is 0.308 e. The van der Waals surface area contributed by atoms with E-state index in [9.17, 15) is 18.3 Å². The van der Waals surface area contributed by atoms with Gasteiger partial charge in [0.25, 0.3) is 10.1 Å². The number of carbonyl (C=O) groups is 1. The number of hydrogen-bond donors (Lipinski definition) is 2. The van der Waals surface area contributed by atoms with Crippen LogP contribution in [0.15, 0.2) is 0 Å². The van der Waals surface area contributed by atoms with Crippen LogP contribution >= 0.6 is 0 Å². The summed E-state index contributed by atoms with van der Waals surface area (Å²) >= 11 is 0. The number of aliphatic hydroxyl groups excluding tert-OH is 1. The van der Waals surface area contributed by atoms with Crippen LogP contribution in [0.5, 0.6) is 0 Å². The monoisotopic (exact) mass is 275 g/mol. The molecule has 1 aliphatic rings. The van der Waals surface area contributed by atoms with Gasteiger partial charge in [0.2, 0.25) is 0 Å². The number of esters is 1. The number of carbonyl (C=O) groups excluding carboxylic acids is 1. The van der Waals surface area contributed by atoms with Gasteiger partial charge in [0.15, 0.2) is 5.44 Å². The molecule has 0 aliphatic heterocycles. The summed E-state index contributed by atoms with van der Waals surface area (Å²) in [5, 5.41) is 9.34. The molecule has 17 heavy (non-hydrogen) atoms. The maximum absolute atomic E-state index is 11.2. The van der Waals surface area contributed by atoms with Gasteiger partial charge in [-0.2, -0.15) is 8.42 Å². The van der Waals surface area contributed by atoms with Crippen LogP contribution < -0.4 is 0 Å². The first kappa shape index (κ1) is 17.3. The molecular formula is C9H16NaO6S. The number of ether oxygens (including phenoxy) is 1. The Morgan fingerprint density at radius 1 is 1.29 bits per heavy atom. The zero-order valence-corrected chi connectivity index (χ0v) is 12.8. The van der Waals surface area contributed by atoms with Gasteiger partial charge in [-0.25, -0.2) is 0 Å². The van der Waals surface area contributed by atoms with E-state index >= 15 is 0 Å². The minimum absolute atomic E-state index is 0. The SMILES string of the molecule is COC(=O)C1CCC(C(O)S(=O)(=O)O)CC1.[Na]. The largest absolute Gasteiger partial charge is 0.469 e. The summed E-state index contributed by atoms with van der Waals surface area (Å²) in [6, 6.07) is 0. The first-order valence-corrected chi connectivity index (χ1v) is 6.58. The summed E-state index contributed by atoms with van der Waals surface area (Å²) in [5.74, 6) is -1.04. The van der Waals surface area contributed by atoms with E-state index in [2.05, 4.69) is 4.74 Å². The molecule has 1 radical (unpaired) electrons. The van der Waals surface area contributed by atoms with Gasteiger partial charge in [0.05, 0.1) is 13.0 Å². The zero-order chi connectivity index (χ0) is 12.3. The smallest absolute Gasteiger partial charge is 0.308 e. The second-order valence-corrected chi connectivity index (χ2v) is 5.55. The number of methoxy groups -OCH3 is 1. The average Bonchev–Trinajstić information content (AvgIpc) is 2.26. The summed E-state index contributed by atoms with van der Waals surface area (Å²) < 4.78 is 34.7. The van der Waals surface area contributed by atoms with Crippen LogP contribution in [0.3, 0.4) is 0 Å². The van der Waals surface area contributed by atoms with Gasteiger partial charge in [0.1, 0.15) is 0 Å². The van der Waals surface area contributed by atoms with Crippen molar-refractivity contribution in [1.29, 1.82) is 0 Å². The second-order valence-electron chi connectivity index (χ2n) is 4.04. The molecule has 95 valence electrons. The molecule has 1 aliphatic carbocycles. The molecule has 0 amide bonds. The van der Waals surface area contributed by atoms with Gasteiger partial charge in [-0.3, -0.25) is 9.35 Å². The van der Waals surface area contributed by atoms with Gasteiger partial charge >= 0.3 is 5.97 Å². The first-order valence-electron chi connectivity index (χ1n) is 5.08. The summed E-state index contributed by atoms with van der Waals surface area (Å²) in [5.41, 5.74) is -1.74. The van der Waals surface area contributed by atoms with Crippen LogP contribution in [0.1, 0.15) is 25.7 Å². The molecule has 6 nitrogen and oxygen atoms in total. The Kier molecular flexibility index (Phi) is 7.20. The molecule has 1 rings (SSSR count). The van der Waals surface area contributed by atoms with Gasteiger partial charge in [-0.15, -0.1) is 0 Å². The predicted molar refractivity (Wildman–Crippen MR) is 60.8 cm³/mol. The van der Waals surface area contributed by atoms with Crippen LogP contribution in [0.4, 0.5) is 0 Å². The Balaban J connectivity index is 0.00000256. The molecular weight excluding hydrogens is 259 g/mol. The molecule has 1 unspecified atom stereocenters. The van der Waals surface area contributed by atoms with E-state index in [0.29, 0.717) is 25.7 Å². The molecule has 1 saturated carbocycles. The molecule has 0 heterocycles. The molecule has 0 bridgehead atoms. The Bertz CT molecular complexity index is 346. The van der Waals surface area contributed by atoms with Crippen LogP contribution in [-0.4, -0.2) is 66.1 Å². The van der Waals surface area contributed by atoms with Gasteiger partial charge in [-0.05, 0) is 25.7 Å². The van der Waals surface area contributed by atoms with E-state index < -0.39 is 21.5 Å². The van der Waals surface area contributed by atoms with Crippen molar-refractivity contribution >= 4 is 45.6 Å². The van der Waals surface area contributed by atoms with E-state index in [1.165, 1.54) is 7.11 Å². The average molecular weight is 275 g/mol. The van der Waals surface area contributed by atoms with Crippen molar-refractivity contribution in [3.63, 3.8) is 0 Å². The first-order chi connectivity index (χ1) is 7.36. The third-order valence-electron chi connectivity index (χ3n) is 3.01. The molecule has 0 aromatic carbocycles. The van der Waals surface area contributed by atoms with Crippen molar-refractivity contribution in [3.05, 3.63) is 0 Å². The molecule has 8 heteroatoms. The van der Waals surface area contributed by atoms with E-state index in [-0.39, 0.29) is 41.4 Å². The maximum atomic E-state index is 11.2. The molecule has 0 saturated heterocycles. The summed E-state index contributed by atoms with van der Waals surface area (Å²) in [6.45, 7) is 0.